The fourth-order valence-electron chi connectivity index (χ4n) is 2.24. The number of nitrogen functional groups attached to an aromatic ring is 1. The average Bonchev–Trinajstić information content (AvgIpc) is 2.75. The predicted octanol–water partition coefficient (Wildman–Crippen LogP) is 2.40. The lowest BCUT2D eigenvalue weighted by Gasteiger charge is -2.06. The minimum Gasteiger partial charge on any atom is -0.382 e. The van der Waals surface area contributed by atoms with E-state index in [9.17, 15) is 0 Å². The minimum atomic E-state index is 0.523. The molecule has 0 spiro atoms. The number of aryl methyl sites for hydroxylation is 2. The van der Waals surface area contributed by atoms with Gasteiger partial charge in [-0.1, -0.05) is 6.07 Å². The van der Waals surface area contributed by atoms with Gasteiger partial charge >= 0.3 is 0 Å². The molecule has 0 aromatic carbocycles. The normalized spacial score (nSPS) is 11.1. The summed E-state index contributed by atoms with van der Waals surface area (Å²) >= 11 is 0. The number of nitrogens with two attached hydrogens (primary N) is 1. The standard InChI is InChI=1S/C14H15N5/c1-3-19-14-12(13(15)18-19)7-11(9(2)17-14)10-5-4-6-16-8-10/h4-8H,3H2,1-2H3,(H2,15,18). The third-order valence-corrected chi connectivity index (χ3v) is 3.21. The summed E-state index contributed by atoms with van der Waals surface area (Å²) in [7, 11) is 0. The highest BCUT2D eigenvalue weighted by Crippen LogP contribution is 2.28. The number of anilines is 1. The molecule has 3 aromatic rings. The van der Waals surface area contributed by atoms with E-state index in [2.05, 4.69) is 15.1 Å². The van der Waals surface area contributed by atoms with Gasteiger partial charge in [0.05, 0.1) is 5.39 Å². The predicted molar refractivity (Wildman–Crippen MR) is 75.6 cm³/mol. The highest BCUT2D eigenvalue weighted by molar-refractivity contribution is 5.90. The fraction of sp³-hybridized carbons (Fsp3) is 0.214. The molecular weight excluding hydrogens is 238 g/mol. The van der Waals surface area contributed by atoms with Crippen molar-refractivity contribution in [3.63, 3.8) is 0 Å². The van der Waals surface area contributed by atoms with E-state index in [4.69, 9.17) is 5.73 Å². The molecule has 0 aliphatic rings. The molecule has 5 nitrogen and oxygen atoms in total. The molecule has 0 fully saturated rings. The lowest BCUT2D eigenvalue weighted by Crippen LogP contribution is -1.99. The largest absolute Gasteiger partial charge is 0.382 e. The van der Waals surface area contributed by atoms with Crippen molar-refractivity contribution in [3.05, 3.63) is 36.3 Å². The second-order valence-corrected chi connectivity index (χ2v) is 4.44. The van der Waals surface area contributed by atoms with Gasteiger partial charge in [0.15, 0.2) is 11.5 Å². The summed E-state index contributed by atoms with van der Waals surface area (Å²) in [5.41, 5.74) is 9.84. The molecular formula is C14H15N5. The number of hydrogen-bond donors (Lipinski definition) is 1. The van der Waals surface area contributed by atoms with Gasteiger partial charge in [-0.2, -0.15) is 5.10 Å². The van der Waals surface area contributed by atoms with Crippen molar-refractivity contribution in [2.24, 2.45) is 0 Å². The van der Waals surface area contributed by atoms with Gasteiger partial charge in [-0.3, -0.25) is 4.98 Å². The van der Waals surface area contributed by atoms with Crippen molar-refractivity contribution >= 4 is 16.9 Å². The molecule has 96 valence electrons. The van der Waals surface area contributed by atoms with Crippen LogP contribution in [0.1, 0.15) is 12.6 Å². The quantitative estimate of drug-likeness (QED) is 0.761. The number of hydrogen-bond acceptors (Lipinski definition) is 4. The number of rotatable bonds is 2. The summed E-state index contributed by atoms with van der Waals surface area (Å²) in [6, 6.07) is 5.98. The van der Waals surface area contributed by atoms with Gasteiger partial charge in [-0.25, -0.2) is 9.67 Å². The van der Waals surface area contributed by atoms with Crippen LogP contribution >= 0.6 is 0 Å². The van der Waals surface area contributed by atoms with Gasteiger partial charge in [0.2, 0.25) is 0 Å². The summed E-state index contributed by atoms with van der Waals surface area (Å²) in [6.45, 7) is 4.77. The van der Waals surface area contributed by atoms with Crippen molar-refractivity contribution in [2.75, 3.05) is 5.73 Å². The number of nitrogens with zero attached hydrogens (tertiary/aromatic N) is 4. The third kappa shape index (κ3) is 1.83. The summed E-state index contributed by atoms with van der Waals surface area (Å²) in [5.74, 6) is 0.523. The smallest absolute Gasteiger partial charge is 0.160 e. The molecule has 5 heteroatoms. The Kier molecular flexibility index (Phi) is 2.67. The first-order valence-corrected chi connectivity index (χ1v) is 6.24. The van der Waals surface area contributed by atoms with Crippen molar-refractivity contribution in [2.45, 2.75) is 20.4 Å². The van der Waals surface area contributed by atoms with E-state index < -0.39 is 0 Å². The van der Waals surface area contributed by atoms with Crippen molar-refractivity contribution in [3.8, 4) is 11.1 Å². The maximum atomic E-state index is 5.96. The molecule has 0 saturated heterocycles. The van der Waals surface area contributed by atoms with Crippen molar-refractivity contribution in [1.29, 1.82) is 0 Å². The maximum absolute atomic E-state index is 5.96. The Labute approximate surface area is 111 Å². The first-order valence-electron chi connectivity index (χ1n) is 6.24. The summed E-state index contributed by atoms with van der Waals surface area (Å²) < 4.78 is 1.82. The highest BCUT2D eigenvalue weighted by Gasteiger charge is 2.12. The van der Waals surface area contributed by atoms with Gasteiger partial charge in [0.25, 0.3) is 0 Å². The van der Waals surface area contributed by atoms with E-state index >= 15 is 0 Å². The van der Waals surface area contributed by atoms with Crippen LogP contribution in [0.2, 0.25) is 0 Å². The Balaban J connectivity index is 2.28. The Morgan fingerprint density at radius 2 is 2.21 bits per heavy atom. The van der Waals surface area contributed by atoms with Crippen LogP contribution in [0, 0.1) is 6.92 Å². The SMILES string of the molecule is CCn1nc(N)c2cc(-c3cccnc3)c(C)nc21. The summed E-state index contributed by atoms with van der Waals surface area (Å²) in [4.78, 5) is 8.78. The molecule has 0 aliphatic heterocycles. The van der Waals surface area contributed by atoms with Gasteiger partial charge in [0, 0.05) is 35.8 Å². The summed E-state index contributed by atoms with van der Waals surface area (Å²) in [5, 5.41) is 5.20. The van der Waals surface area contributed by atoms with E-state index in [1.54, 1.807) is 6.20 Å². The molecule has 0 saturated carbocycles. The first-order chi connectivity index (χ1) is 9.20. The Bertz CT molecular complexity index is 730. The summed E-state index contributed by atoms with van der Waals surface area (Å²) in [6.07, 6.45) is 3.59. The number of fused-ring (bicyclic) bond motifs is 1. The molecule has 0 aliphatic carbocycles. The second kappa shape index (κ2) is 4.35. The molecule has 0 bridgehead atoms. The first kappa shape index (κ1) is 11.6. The monoisotopic (exact) mass is 253 g/mol. The van der Waals surface area contributed by atoms with E-state index in [1.807, 2.05) is 42.9 Å². The van der Waals surface area contributed by atoms with Crippen LogP contribution in [0.25, 0.3) is 22.2 Å². The Morgan fingerprint density at radius 3 is 2.89 bits per heavy atom. The molecule has 3 aromatic heterocycles. The molecule has 19 heavy (non-hydrogen) atoms. The maximum Gasteiger partial charge on any atom is 0.160 e. The van der Waals surface area contributed by atoms with E-state index in [0.29, 0.717) is 5.82 Å². The number of aromatic nitrogens is 4. The minimum absolute atomic E-state index is 0.523. The lowest BCUT2D eigenvalue weighted by atomic mass is 10.1. The van der Waals surface area contributed by atoms with Crippen LogP contribution in [0.4, 0.5) is 5.82 Å². The molecule has 0 atom stereocenters. The molecule has 3 heterocycles. The van der Waals surface area contributed by atoms with Crippen molar-refractivity contribution in [1.82, 2.24) is 19.7 Å². The average molecular weight is 253 g/mol. The van der Waals surface area contributed by atoms with Gasteiger partial charge in [-0.05, 0) is 26.0 Å². The zero-order valence-corrected chi connectivity index (χ0v) is 11.0. The zero-order chi connectivity index (χ0) is 13.4. The molecule has 0 amide bonds. The van der Waals surface area contributed by atoms with Crippen LogP contribution in [-0.2, 0) is 6.54 Å². The van der Waals surface area contributed by atoms with Gasteiger partial charge < -0.3 is 5.73 Å². The number of pyridine rings is 2. The van der Waals surface area contributed by atoms with Crippen LogP contribution in [-0.4, -0.2) is 19.7 Å². The molecule has 3 rings (SSSR count). The van der Waals surface area contributed by atoms with Crippen LogP contribution in [0.15, 0.2) is 30.6 Å². The third-order valence-electron chi connectivity index (χ3n) is 3.21. The lowest BCUT2D eigenvalue weighted by molar-refractivity contribution is 0.679. The van der Waals surface area contributed by atoms with E-state index in [1.165, 1.54) is 0 Å². The second-order valence-electron chi connectivity index (χ2n) is 4.44. The molecule has 0 unspecified atom stereocenters. The molecule has 2 N–H and O–H groups in total. The van der Waals surface area contributed by atoms with Gasteiger partial charge in [-0.15, -0.1) is 0 Å². The van der Waals surface area contributed by atoms with Crippen LogP contribution in [0.3, 0.4) is 0 Å². The Hall–Kier alpha value is -2.43. The highest BCUT2D eigenvalue weighted by atomic mass is 15.3. The van der Waals surface area contributed by atoms with E-state index in [-0.39, 0.29) is 0 Å². The van der Waals surface area contributed by atoms with Gasteiger partial charge in [0.1, 0.15) is 0 Å². The topological polar surface area (TPSA) is 69.6 Å². The van der Waals surface area contributed by atoms with Crippen LogP contribution < -0.4 is 5.73 Å². The zero-order valence-electron chi connectivity index (χ0n) is 11.0. The van der Waals surface area contributed by atoms with Crippen molar-refractivity contribution < 1.29 is 0 Å². The van der Waals surface area contributed by atoms with E-state index in [0.717, 1.165) is 34.4 Å². The van der Waals surface area contributed by atoms with Crippen LogP contribution in [0.5, 0.6) is 0 Å². The fourth-order valence-corrected chi connectivity index (χ4v) is 2.24. The molecule has 0 radical (unpaired) electrons. The Morgan fingerprint density at radius 1 is 1.37 bits per heavy atom.